The van der Waals surface area contributed by atoms with E-state index in [-0.39, 0.29) is 0 Å². The second kappa shape index (κ2) is 18.4. The lowest BCUT2D eigenvalue weighted by atomic mass is 9.97. The molecule has 0 radical (unpaired) electrons. The molecule has 13 aromatic rings. The summed E-state index contributed by atoms with van der Waals surface area (Å²) in [5, 5.41) is 6.71. The minimum absolute atomic E-state index is 0.859. The zero-order valence-electron chi connectivity index (χ0n) is 40.7. The number of fused-ring (bicyclic) bond motifs is 5. The fourth-order valence-electron chi connectivity index (χ4n) is 10.8. The van der Waals surface area contributed by atoms with Gasteiger partial charge in [-0.1, -0.05) is 194 Å². The second-order valence-corrected chi connectivity index (χ2v) is 19.1. The zero-order chi connectivity index (χ0) is 48.8. The van der Waals surface area contributed by atoms with E-state index < -0.39 is 0 Å². The number of nitrogens with zero attached hydrogens (tertiary/aromatic N) is 2. The molecule has 12 aromatic carbocycles. The molecule has 13 rings (SSSR count). The SMILES string of the molecule is Cc1ccc(-c2ccccc2)c(N(c2ccc3cc4c(cc3c2)oc2cc3cc(N(c5ccccc5-c5ccccc5)c5cc(C)ccc5-c5ccccc5)ccc3cc24)c2ccccc2-c2ccccc2)c1. The first-order valence-electron chi connectivity index (χ1n) is 25.1. The third kappa shape index (κ3) is 8.08. The molecule has 0 atom stereocenters. The number of rotatable bonds is 10. The summed E-state index contributed by atoms with van der Waals surface area (Å²) in [6.45, 7) is 4.35. The fourth-order valence-corrected chi connectivity index (χ4v) is 10.8. The molecule has 0 fully saturated rings. The standard InChI is InChI=1S/C70H50N2O/c1-47-31-37-61(51-23-11-5-12-24-51)67(39-47)71(65-29-17-15-27-59(65)49-19-7-3-8-20-49)57-35-33-53-43-63-64-44-54-34-36-58(42-56(54)46-70(64)73-69(63)45-55(53)41-57)72(66-30-18-16-28-60(66)50-21-9-4-10-22-50)68-40-48(2)32-38-62(68)52-25-13-6-14-26-52/h3-46H,1-2H3. The average Bonchev–Trinajstić information content (AvgIpc) is 3.79. The molecule has 0 aliphatic heterocycles. The molecule has 0 aliphatic rings. The van der Waals surface area contributed by atoms with Gasteiger partial charge in [-0.25, -0.2) is 0 Å². The summed E-state index contributed by atoms with van der Waals surface area (Å²) in [5.41, 5.74) is 20.0. The van der Waals surface area contributed by atoms with E-state index in [0.29, 0.717) is 0 Å². The zero-order valence-corrected chi connectivity index (χ0v) is 40.7. The molecule has 3 heteroatoms. The minimum Gasteiger partial charge on any atom is -0.456 e. The van der Waals surface area contributed by atoms with Crippen molar-refractivity contribution in [1.82, 2.24) is 0 Å². The van der Waals surface area contributed by atoms with Gasteiger partial charge in [0.05, 0.1) is 22.7 Å². The van der Waals surface area contributed by atoms with Crippen LogP contribution >= 0.6 is 0 Å². The van der Waals surface area contributed by atoms with Gasteiger partial charge in [0.2, 0.25) is 0 Å². The predicted octanol–water partition coefficient (Wildman–Crippen LogP) is 20.1. The number of hydrogen-bond acceptors (Lipinski definition) is 3. The monoisotopic (exact) mass is 934 g/mol. The van der Waals surface area contributed by atoms with Crippen molar-refractivity contribution < 1.29 is 4.42 Å². The first-order valence-corrected chi connectivity index (χ1v) is 25.1. The maximum absolute atomic E-state index is 6.92. The number of anilines is 6. The number of aryl methyl sites for hydroxylation is 2. The molecule has 0 spiro atoms. The van der Waals surface area contributed by atoms with Crippen molar-refractivity contribution in [2.75, 3.05) is 9.80 Å². The van der Waals surface area contributed by atoms with Crippen LogP contribution in [0.15, 0.2) is 271 Å². The highest BCUT2D eigenvalue weighted by Gasteiger charge is 2.24. The molecule has 0 bridgehead atoms. The molecular weight excluding hydrogens is 885 g/mol. The van der Waals surface area contributed by atoms with E-state index in [1.54, 1.807) is 0 Å². The molecule has 73 heavy (non-hydrogen) atoms. The highest BCUT2D eigenvalue weighted by atomic mass is 16.3. The highest BCUT2D eigenvalue weighted by molar-refractivity contribution is 6.14. The first kappa shape index (κ1) is 43.6. The van der Waals surface area contributed by atoms with Crippen LogP contribution in [-0.4, -0.2) is 0 Å². The summed E-state index contributed by atoms with van der Waals surface area (Å²) in [6, 6.07) is 96.7. The lowest BCUT2D eigenvalue weighted by Gasteiger charge is -2.30. The Labute approximate surface area is 426 Å². The fraction of sp³-hybridized carbons (Fsp3) is 0.0286. The average molecular weight is 935 g/mol. The number of benzene rings is 12. The van der Waals surface area contributed by atoms with Crippen LogP contribution in [0.2, 0.25) is 0 Å². The third-order valence-electron chi connectivity index (χ3n) is 14.3. The Kier molecular flexibility index (Phi) is 11.0. The molecule has 0 unspecified atom stereocenters. The van der Waals surface area contributed by atoms with Gasteiger partial charge in [0.25, 0.3) is 0 Å². The Morgan fingerprint density at radius 3 is 0.986 bits per heavy atom. The van der Waals surface area contributed by atoms with Gasteiger partial charge in [-0.05, 0) is 142 Å². The van der Waals surface area contributed by atoms with E-state index in [1.165, 1.54) is 22.3 Å². The third-order valence-corrected chi connectivity index (χ3v) is 14.3. The molecule has 1 heterocycles. The van der Waals surface area contributed by atoms with Crippen LogP contribution in [0.5, 0.6) is 0 Å². The smallest absolute Gasteiger partial charge is 0.136 e. The second-order valence-electron chi connectivity index (χ2n) is 19.1. The number of hydrogen-bond donors (Lipinski definition) is 0. The van der Waals surface area contributed by atoms with E-state index in [1.807, 2.05) is 0 Å². The Bertz CT molecular complexity index is 3890. The van der Waals surface area contributed by atoms with Crippen LogP contribution in [0.25, 0.3) is 88.0 Å². The summed E-state index contributed by atoms with van der Waals surface area (Å²) in [7, 11) is 0. The largest absolute Gasteiger partial charge is 0.456 e. The van der Waals surface area contributed by atoms with Gasteiger partial charge in [-0.3, -0.25) is 0 Å². The molecule has 0 amide bonds. The molecule has 0 aliphatic carbocycles. The van der Waals surface area contributed by atoms with Crippen molar-refractivity contribution in [3.05, 3.63) is 278 Å². The maximum atomic E-state index is 6.92. The van der Waals surface area contributed by atoms with Gasteiger partial charge in [0.1, 0.15) is 11.2 Å². The van der Waals surface area contributed by atoms with Gasteiger partial charge >= 0.3 is 0 Å². The van der Waals surface area contributed by atoms with E-state index in [2.05, 4.69) is 291 Å². The van der Waals surface area contributed by atoms with Crippen LogP contribution in [0.3, 0.4) is 0 Å². The van der Waals surface area contributed by atoms with Gasteiger partial charge < -0.3 is 14.2 Å². The first-order chi connectivity index (χ1) is 36.0. The maximum Gasteiger partial charge on any atom is 0.136 e. The number of para-hydroxylation sites is 2. The molecule has 1 aromatic heterocycles. The van der Waals surface area contributed by atoms with Gasteiger partial charge in [0, 0.05) is 44.4 Å². The topological polar surface area (TPSA) is 19.6 Å². The van der Waals surface area contributed by atoms with Gasteiger partial charge in [-0.2, -0.15) is 0 Å². The molecule has 0 saturated carbocycles. The Hall–Kier alpha value is -9.44. The Morgan fingerprint density at radius 2 is 0.603 bits per heavy atom. The lowest BCUT2D eigenvalue weighted by molar-refractivity contribution is 0.670. The summed E-state index contributed by atoms with van der Waals surface area (Å²) in [6.07, 6.45) is 0. The molecule has 0 saturated heterocycles. The molecule has 0 N–H and O–H groups in total. The van der Waals surface area contributed by atoms with Crippen molar-refractivity contribution in [3.63, 3.8) is 0 Å². The van der Waals surface area contributed by atoms with E-state index in [9.17, 15) is 0 Å². The quantitative estimate of drug-likeness (QED) is 0.136. The minimum atomic E-state index is 0.859. The van der Waals surface area contributed by atoms with E-state index in [0.717, 1.165) is 111 Å². The van der Waals surface area contributed by atoms with E-state index in [4.69, 9.17) is 4.42 Å². The van der Waals surface area contributed by atoms with Crippen LogP contribution < -0.4 is 9.80 Å². The summed E-state index contributed by atoms with van der Waals surface area (Å²) in [5.74, 6) is 0. The number of furan rings is 1. The molecular formula is C70H50N2O. The summed E-state index contributed by atoms with van der Waals surface area (Å²) < 4.78 is 6.92. The highest BCUT2D eigenvalue weighted by Crippen LogP contribution is 2.48. The molecule has 3 nitrogen and oxygen atoms in total. The van der Waals surface area contributed by atoms with Crippen LogP contribution in [-0.2, 0) is 0 Å². The van der Waals surface area contributed by atoms with Crippen molar-refractivity contribution in [3.8, 4) is 44.5 Å². The van der Waals surface area contributed by atoms with E-state index >= 15 is 0 Å². The summed E-state index contributed by atoms with van der Waals surface area (Å²) in [4.78, 5) is 4.87. The van der Waals surface area contributed by atoms with Crippen LogP contribution in [0.4, 0.5) is 34.1 Å². The van der Waals surface area contributed by atoms with Crippen molar-refractivity contribution in [2.45, 2.75) is 13.8 Å². The molecule has 346 valence electrons. The van der Waals surface area contributed by atoms with Crippen LogP contribution in [0.1, 0.15) is 11.1 Å². The van der Waals surface area contributed by atoms with Crippen molar-refractivity contribution in [2.24, 2.45) is 0 Å². The van der Waals surface area contributed by atoms with Crippen LogP contribution in [0, 0.1) is 13.8 Å². The van der Waals surface area contributed by atoms with Gasteiger partial charge in [-0.15, -0.1) is 0 Å². The van der Waals surface area contributed by atoms with Gasteiger partial charge in [0.15, 0.2) is 0 Å². The lowest BCUT2D eigenvalue weighted by Crippen LogP contribution is -2.12. The predicted molar refractivity (Wildman–Crippen MR) is 309 cm³/mol. The van der Waals surface area contributed by atoms with Crippen molar-refractivity contribution >= 4 is 77.6 Å². The Morgan fingerprint density at radius 1 is 0.260 bits per heavy atom. The van der Waals surface area contributed by atoms with Crippen molar-refractivity contribution in [1.29, 1.82) is 0 Å². The normalized spacial score (nSPS) is 11.4. The summed E-state index contributed by atoms with van der Waals surface area (Å²) >= 11 is 0. The Balaban J connectivity index is 0.964.